The number of hydrogen-bond donors (Lipinski definition) is 2. The van der Waals surface area contributed by atoms with Crippen molar-refractivity contribution in [3.63, 3.8) is 0 Å². The van der Waals surface area contributed by atoms with Crippen molar-refractivity contribution in [3.8, 4) is 5.75 Å². The molecule has 0 bridgehead atoms. The van der Waals surface area contributed by atoms with Crippen LogP contribution in [0, 0.1) is 50.0 Å². The summed E-state index contributed by atoms with van der Waals surface area (Å²) < 4.78 is 28.2. The number of ether oxygens (including phenoxy) is 1. The second-order valence-electron chi connectivity index (χ2n) is 6.12. The van der Waals surface area contributed by atoms with E-state index in [0.717, 1.165) is 16.9 Å². The summed E-state index contributed by atoms with van der Waals surface area (Å²) in [7, 11) is -0.293. The fourth-order valence-corrected chi connectivity index (χ4v) is 4.76. The van der Waals surface area contributed by atoms with Crippen molar-refractivity contribution in [2.45, 2.75) is 31.0 Å². The van der Waals surface area contributed by atoms with E-state index in [4.69, 9.17) is 13.8 Å². The largest absolute Gasteiger partial charge is 0.489 e. The van der Waals surface area contributed by atoms with Crippen molar-refractivity contribution in [1.29, 1.82) is 0 Å². The van der Waals surface area contributed by atoms with Crippen molar-refractivity contribution in [3.05, 3.63) is 29.3 Å². The molecule has 0 aromatic heterocycles. The van der Waals surface area contributed by atoms with E-state index in [1.165, 1.54) is 14.2 Å². The standard InChI is InChI=1S/C16H23O6P.Ac/c1-20-23(19,21-2)7-6-10-4-3-5-11-15-12(9-17)13(18)8-14(15)22-16(10)11;/h3-5,12-15,17-18H,6-9H2,1-2H3;/t12-,13+,14-,15+;/m0./s1. The van der Waals surface area contributed by atoms with Crippen LogP contribution in [0.4, 0.5) is 0 Å². The number of aryl methyl sites for hydroxylation is 1. The average molecular weight is 569 g/mol. The predicted octanol–water partition coefficient (Wildman–Crippen LogP) is 1.93. The van der Waals surface area contributed by atoms with Crippen molar-refractivity contribution in [2.75, 3.05) is 27.0 Å². The summed E-state index contributed by atoms with van der Waals surface area (Å²) in [5.41, 5.74) is 1.98. The summed E-state index contributed by atoms with van der Waals surface area (Å²) in [5, 5.41) is 19.6. The van der Waals surface area contributed by atoms with Gasteiger partial charge in [0.25, 0.3) is 0 Å². The van der Waals surface area contributed by atoms with E-state index >= 15 is 0 Å². The maximum Gasteiger partial charge on any atom is 0.330 e. The molecule has 6 nitrogen and oxygen atoms in total. The van der Waals surface area contributed by atoms with E-state index in [2.05, 4.69) is 0 Å². The monoisotopic (exact) mass is 569 g/mol. The Morgan fingerprint density at radius 3 is 2.67 bits per heavy atom. The Morgan fingerprint density at radius 2 is 2.04 bits per heavy atom. The van der Waals surface area contributed by atoms with Crippen LogP contribution in [-0.4, -0.2) is 49.4 Å². The number of benzene rings is 1. The van der Waals surface area contributed by atoms with E-state index < -0.39 is 13.7 Å². The molecule has 2 aliphatic rings. The maximum atomic E-state index is 12.2. The van der Waals surface area contributed by atoms with Gasteiger partial charge >= 0.3 is 7.60 Å². The van der Waals surface area contributed by atoms with Gasteiger partial charge in [-0.1, -0.05) is 18.2 Å². The summed E-state index contributed by atoms with van der Waals surface area (Å²) in [6.45, 7) is -0.0576. The SMILES string of the molecule is COP(=O)(CCc1cccc2c1O[C@H]1C[C@@H](O)[C@H](CO)[C@@H]21)OC.[Ac]. The summed E-state index contributed by atoms with van der Waals surface area (Å²) in [4.78, 5) is 0. The van der Waals surface area contributed by atoms with Crippen LogP contribution in [0.2, 0.25) is 0 Å². The third kappa shape index (κ3) is 3.79. The van der Waals surface area contributed by atoms with Crippen LogP contribution in [-0.2, 0) is 20.0 Å². The van der Waals surface area contributed by atoms with Gasteiger partial charge in [-0.2, -0.15) is 0 Å². The van der Waals surface area contributed by atoms with E-state index in [1.807, 2.05) is 18.2 Å². The fourth-order valence-electron chi connectivity index (χ4n) is 3.74. The van der Waals surface area contributed by atoms with Gasteiger partial charge in [-0.3, -0.25) is 4.57 Å². The van der Waals surface area contributed by atoms with Crippen molar-refractivity contribution >= 4 is 7.60 Å². The van der Waals surface area contributed by atoms with Gasteiger partial charge in [0.1, 0.15) is 11.9 Å². The number of aliphatic hydroxyl groups is 2. The van der Waals surface area contributed by atoms with Crippen LogP contribution in [0.1, 0.15) is 23.5 Å². The van der Waals surface area contributed by atoms with Crippen LogP contribution < -0.4 is 4.74 Å². The zero-order chi connectivity index (χ0) is 16.6. The quantitative estimate of drug-likeness (QED) is 0.510. The number of para-hydroxylation sites is 1. The summed E-state index contributed by atoms with van der Waals surface area (Å²) in [6.07, 6.45) is 0.692. The normalized spacial score (nSPS) is 28.0. The molecule has 1 radical (unpaired) electrons. The molecule has 0 spiro atoms. The number of hydrogen-bond acceptors (Lipinski definition) is 6. The summed E-state index contributed by atoms with van der Waals surface area (Å²) >= 11 is 0. The summed E-state index contributed by atoms with van der Waals surface area (Å²) in [6, 6.07) is 5.86. The molecular formula is C16H23AcO6P. The second kappa shape index (κ2) is 8.48. The number of fused-ring (bicyclic) bond motifs is 3. The molecule has 0 amide bonds. The number of aliphatic hydroxyl groups excluding tert-OH is 2. The van der Waals surface area contributed by atoms with Crippen molar-refractivity contribution in [2.24, 2.45) is 5.92 Å². The van der Waals surface area contributed by atoms with Gasteiger partial charge in [0, 0.05) is 88.7 Å². The molecule has 1 heterocycles. The van der Waals surface area contributed by atoms with Crippen molar-refractivity contribution in [1.82, 2.24) is 0 Å². The minimum atomic E-state index is -3.06. The molecule has 24 heavy (non-hydrogen) atoms. The van der Waals surface area contributed by atoms with Crippen LogP contribution in [0.15, 0.2) is 18.2 Å². The average Bonchev–Trinajstić information content (AvgIpc) is 3.07. The van der Waals surface area contributed by atoms with Crippen molar-refractivity contribution < 1.29 is 72.6 Å². The minimum Gasteiger partial charge on any atom is -0.489 e. The zero-order valence-electron chi connectivity index (χ0n) is 13.9. The molecule has 0 saturated heterocycles. The van der Waals surface area contributed by atoms with E-state index in [9.17, 15) is 14.8 Å². The van der Waals surface area contributed by atoms with Crippen LogP contribution >= 0.6 is 7.60 Å². The molecule has 1 saturated carbocycles. The molecular weight excluding hydrogens is 546 g/mol. The maximum absolute atomic E-state index is 12.2. The molecule has 2 N–H and O–H groups in total. The molecule has 1 aliphatic heterocycles. The minimum absolute atomic E-state index is 0. The Kier molecular flexibility index (Phi) is 7.36. The Hall–Kier alpha value is 0.532. The Labute approximate surface area is 178 Å². The van der Waals surface area contributed by atoms with Gasteiger partial charge < -0.3 is 24.0 Å². The van der Waals surface area contributed by atoms with E-state index in [-0.39, 0.29) is 74.8 Å². The topological polar surface area (TPSA) is 85.2 Å². The third-order valence-corrected chi connectivity index (χ3v) is 6.89. The molecule has 131 valence electrons. The fraction of sp³-hybridized carbons (Fsp3) is 0.625. The molecule has 1 fully saturated rings. The Bertz CT molecular complexity index is 617. The van der Waals surface area contributed by atoms with Gasteiger partial charge in [-0.25, -0.2) is 0 Å². The van der Waals surface area contributed by atoms with Crippen LogP contribution in [0.5, 0.6) is 5.75 Å². The molecule has 1 aromatic carbocycles. The van der Waals surface area contributed by atoms with Crippen LogP contribution in [0.3, 0.4) is 0 Å². The predicted molar refractivity (Wildman–Crippen MR) is 85.0 cm³/mol. The second-order valence-corrected chi connectivity index (χ2v) is 8.52. The third-order valence-electron chi connectivity index (χ3n) is 5.01. The van der Waals surface area contributed by atoms with Gasteiger partial charge in [-0.15, -0.1) is 0 Å². The first-order valence-electron chi connectivity index (χ1n) is 7.81. The molecule has 0 unspecified atom stereocenters. The first-order chi connectivity index (χ1) is 11.0. The zero-order valence-corrected chi connectivity index (χ0v) is 19.6. The van der Waals surface area contributed by atoms with Gasteiger partial charge in [0.15, 0.2) is 0 Å². The molecule has 3 rings (SSSR count). The molecule has 1 aromatic rings. The van der Waals surface area contributed by atoms with Crippen LogP contribution in [0.25, 0.3) is 0 Å². The van der Waals surface area contributed by atoms with E-state index in [0.29, 0.717) is 12.8 Å². The number of rotatable bonds is 6. The smallest absolute Gasteiger partial charge is 0.330 e. The first-order valence-corrected chi connectivity index (χ1v) is 9.53. The van der Waals surface area contributed by atoms with Gasteiger partial charge in [0.2, 0.25) is 0 Å². The van der Waals surface area contributed by atoms with Gasteiger partial charge in [0.05, 0.1) is 12.3 Å². The molecule has 1 aliphatic carbocycles. The first kappa shape index (κ1) is 20.8. The molecule has 4 atom stereocenters. The summed E-state index contributed by atoms with van der Waals surface area (Å²) in [5.74, 6) is 0.619. The van der Waals surface area contributed by atoms with Gasteiger partial charge in [-0.05, 0) is 12.0 Å². The Balaban J connectivity index is 0.00000208. The molecule has 8 heteroatoms. The Morgan fingerprint density at radius 1 is 1.33 bits per heavy atom. The van der Waals surface area contributed by atoms with E-state index in [1.54, 1.807) is 0 Å².